The van der Waals surface area contributed by atoms with Crippen LogP contribution in [-0.4, -0.2) is 69.4 Å². The van der Waals surface area contributed by atoms with Gasteiger partial charge in [0.05, 0.1) is 12.1 Å². The molecule has 5 amide bonds. The number of Topliss-reactive ketones (excluding diaryl/α,β-unsaturated/α-hetero) is 1. The van der Waals surface area contributed by atoms with Crippen LogP contribution in [0, 0.1) is 5.92 Å². The van der Waals surface area contributed by atoms with Gasteiger partial charge in [-0.05, 0) is 25.7 Å². The number of urea groups is 1. The highest BCUT2D eigenvalue weighted by atomic mass is 32.2. The second-order valence-electron chi connectivity index (χ2n) is 8.30. The molecular formula is C20H30N4O6S. The molecule has 0 bridgehead atoms. The topological polar surface area (TPSA) is 145 Å². The summed E-state index contributed by atoms with van der Waals surface area (Å²) in [5, 5.41) is 18.4. The van der Waals surface area contributed by atoms with Gasteiger partial charge in [-0.15, -0.1) is 0 Å². The van der Waals surface area contributed by atoms with Crippen molar-refractivity contribution in [2.24, 2.45) is 5.92 Å². The van der Waals surface area contributed by atoms with Crippen LogP contribution >= 0.6 is 11.8 Å². The minimum absolute atomic E-state index is 0.0157. The Morgan fingerprint density at radius 1 is 1.06 bits per heavy atom. The molecule has 3 saturated heterocycles. The van der Waals surface area contributed by atoms with E-state index in [-0.39, 0.29) is 47.7 Å². The summed E-state index contributed by atoms with van der Waals surface area (Å²) in [6.45, 7) is 0.540. The third-order valence-corrected chi connectivity index (χ3v) is 7.52. The lowest BCUT2D eigenvalue weighted by Crippen LogP contribution is -2.36. The number of ketones is 1. The molecule has 3 aliphatic heterocycles. The summed E-state index contributed by atoms with van der Waals surface area (Å²) in [7, 11) is 0. The third kappa shape index (κ3) is 6.19. The maximum Gasteiger partial charge on any atom is 0.315 e. The number of imide groups is 1. The number of rotatable bonds is 12. The zero-order valence-corrected chi connectivity index (χ0v) is 18.2. The molecule has 0 saturated carbocycles. The van der Waals surface area contributed by atoms with Gasteiger partial charge in [-0.25, -0.2) is 4.79 Å². The van der Waals surface area contributed by atoms with Crippen LogP contribution in [0.5, 0.6) is 0 Å². The van der Waals surface area contributed by atoms with Crippen molar-refractivity contribution in [1.29, 1.82) is 0 Å². The average molecular weight is 455 g/mol. The predicted octanol–water partition coefficient (Wildman–Crippen LogP) is 0.722. The van der Waals surface area contributed by atoms with E-state index in [0.29, 0.717) is 24.6 Å². The minimum Gasteiger partial charge on any atom is -0.356 e. The number of nitrogens with one attached hydrogen (secondary N) is 3. The van der Waals surface area contributed by atoms with Gasteiger partial charge < -0.3 is 16.0 Å². The van der Waals surface area contributed by atoms with E-state index in [2.05, 4.69) is 16.0 Å². The molecule has 1 unspecified atom stereocenters. The number of carbonyl (C=O) groups is 5. The number of unbranched alkanes of at least 4 members (excludes halogenated alkanes) is 3. The van der Waals surface area contributed by atoms with E-state index < -0.39 is 17.7 Å². The molecule has 3 aliphatic rings. The van der Waals surface area contributed by atoms with Gasteiger partial charge in [-0.2, -0.15) is 16.8 Å². The molecule has 3 rings (SSSR count). The molecule has 3 fully saturated rings. The van der Waals surface area contributed by atoms with Gasteiger partial charge in [-0.3, -0.25) is 24.4 Å². The highest BCUT2D eigenvalue weighted by Gasteiger charge is 2.43. The van der Waals surface area contributed by atoms with E-state index in [1.807, 2.05) is 11.8 Å². The van der Waals surface area contributed by atoms with Crippen molar-refractivity contribution < 1.29 is 29.2 Å². The number of nitrogens with zero attached hydrogens (tertiary/aromatic N) is 1. The minimum atomic E-state index is -1.05. The van der Waals surface area contributed by atoms with Crippen LogP contribution in [0.2, 0.25) is 0 Å². The lowest BCUT2D eigenvalue weighted by molar-refractivity contribution is -0.172. The number of carbonyl (C=O) groups excluding carboxylic acids is 5. The molecule has 31 heavy (non-hydrogen) atoms. The van der Waals surface area contributed by atoms with Crippen molar-refractivity contribution in [3.8, 4) is 0 Å². The molecule has 0 aliphatic carbocycles. The lowest BCUT2D eigenvalue weighted by atomic mass is 9.97. The maximum atomic E-state index is 12.0. The van der Waals surface area contributed by atoms with Crippen LogP contribution in [0.15, 0.2) is 0 Å². The molecule has 0 spiro atoms. The molecule has 0 aromatic carbocycles. The highest BCUT2D eigenvalue weighted by molar-refractivity contribution is 8.00. The summed E-state index contributed by atoms with van der Waals surface area (Å²) in [5.41, 5.74) is 0. The largest absolute Gasteiger partial charge is 0.356 e. The summed E-state index contributed by atoms with van der Waals surface area (Å²) in [6.07, 6.45) is 5.18. The normalized spacial score (nSPS) is 27.3. The first-order chi connectivity index (χ1) is 14.9. The van der Waals surface area contributed by atoms with Crippen LogP contribution in [0.1, 0.15) is 57.8 Å². The van der Waals surface area contributed by atoms with Gasteiger partial charge in [0, 0.05) is 36.8 Å². The maximum absolute atomic E-state index is 12.0. The Kier molecular flexibility index (Phi) is 8.30. The fourth-order valence-corrected chi connectivity index (χ4v) is 5.78. The first kappa shape index (κ1) is 23.5. The summed E-state index contributed by atoms with van der Waals surface area (Å²) >= 11 is 1.88. The van der Waals surface area contributed by atoms with Crippen molar-refractivity contribution in [2.75, 3.05) is 12.3 Å². The second kappa shape index (κ2) is 10.9. The first-order valence-corrected chi connectivity index (χ1v) is 12.0. The van der Waals surface area contributed by atoms with E-state index in [1.54, 1.807) is 0 Å². The lowest BCUT2D eigenvalue weighted by Gasteiger charge is -2.16. The van der Waals surface area contributed by atoms with Gasteiger partial charge in [0.2, 0.25) is 5.91 Å². The molecule has 0 radical (unpaired) electrons. The molecule has 0 aromatic rings. The van der Waals surface area contributed by atoms with E-state index in [4.69, 9.17) is 0 Å². The fourth-order valence-electron chi connectivity index (χ4n) is 4.24. The molecule has 0 aromatic heterocycles. The summed E-state index contributed by atoms with van der Waals surface area (Å²) in [5.74, 6) is -1.99. The van der Waals surface area contributed by atoms with Crippen LogP contribution in [0.25, 0.3) is 0 Å². The number of amides is 5. The van der Waals surface area contributed by atoms with E-state index in [9.17, 15) is 29.2 Å². The molecule has 4 atom stereocenters. The number of hydrogen-bond donors (Lipinski definition) is 4. The standard InChI is InChI=1S/C20H30N4O6S/c25-14(12-10-17(27)24(30)19(12)28)6-2-1-5-9-21-16(26)8-4-3-7-15-18-13(11-31-15)22-20(29)23-18/h12-13,15,18,30H,1-11H2,(H,21,26)(H2,22,23,29)/t12?,13-,15-,18-/m0/s1. The zero-order chi connectivity index (χ0) is 22.4. The molecule has 11 heteroatoms. The predicted molar refractivity (Wildman–Crippen MR) is 112 cm³/mol. The van der Waals surface area contributed by atoms with Crippen LogP contribution in [-0.2, 0) is 19.2 Å². The van der Waals surface area contributed by atoms with Crippen molar-refractivity contribution >= 4 is 41.3 Å². The van der Waals surface area contributed by atoms with Crippen LogP contribution < -0.4 is 16.0 Å². The summed E-state index contributed by atoms with van der Waals surface area (Å²) < 4.78 is 0. The van der Waals surface area contributed by atoms with Crippen LogP contribution in [0.3, 0.4) is 0 Å². The number of fused-ring (bicyclic) bond motifs is 1. The molecule has 172 valence electrons. The molecule has 10 nitrogen and oxygen atoms in total. The quantitative estimate of drug-likeness (QED) is 0.112. The SMILES string of the molecule is O=C(CCCC[C@@H]1SC[C@@H]2NC(=O)N[C@@H]21)NCCCCCC(=O)C1CC(=O)N(O)C1=O. The van der Waals surface area contributed by atoms with Gasteiger partial charge >= 0.3 is 6.03 Å². The van der Waals surface area contributed by atoms with Gasteiger partial charge in [0.15, 0.2) is 0 Å². The Morgan fingerprint density at radius 3 is 2.58 bits per heavy atom. The highest BCUT2D eigenvalue weighted by Crippen LogP contribution is 2.33. The van der Waals surface area contributed by atoms with Crippen molar-refractivity contribution in [2.45, 2.75) is 75.1 Å². The van der Waals surface area contributed by atoms with E-state index in [0.717, 1.165) is 37.9 Å². The smallest absolute Gasteiger partial charge is 0.315 e. The van der Waals surface area contributed by atoms with E-state index in [1.165, 1.54) is 0 Å². The van der Waals surface area contributed by atoms with Gasteiger partial charge in [0.25, 0.3) is 11.8 Å². The zero-order valence-electron chi connectivity index (χ0n) is 17.4. The number of hydrogen-bond acceptors (Lipinski definition) is 7. The van der Waals surface area contributed by atoms with Crippen molar-refractivity contribution in [3.63, 3.8) is 0 Å². The summed E-state index contributed by atoms with van der Waals surface area (Å²) in [6, 6.07) is 0.350. The molecule has 3 heterocycles. The monoisotopic (exact) mass is 454 g/mol. The number of hydroxylamine groups is 2. The Balaban J connectivity index is 1.17. The Labute approximate surface area is 185 Å². The van der Waals surface area contributed by atoms with E-state index >= 15 is 0 Å². The first-order valence-electron chi connectivity index (χ1n) is 10.9. The van der Waals surface area contributed by atoms with Crippen molar-refractivity contribution in [3.05, 3.63) is 0 Å². The third-order valence-electron chi connectivity index (χ3n) is 6.01. The molecular weight excluding hydrogens is 424 g/mol. The average Bonchev–Trinajstić information content (AvgIpc) is 3.36. The fraction of sp³-hybridized carbons (Fsp3) is 0.750. The second-order valence-corrected chi connectivity index (χ2v) is 9.57. The summed E-state index contributed by atoms with van der Waals surface area (Å²) in [4.78, 5) is 58.1. The molecule has 4 N–H and O–H groups in total. The number of thioether (sulfide) groups is 1. The van der Waals surface area contributed by atoms with Crippen LogP contribution in [0.4, 0.5) is 4.79 Å². The van der Waals surface area contributed by atoms with Crippen molar-refractivity contribution in [1.82, 2.24) is 21.0 Å². The Morgan fingerprint density at radius 2 is 1.84 bits per heavy atom. The Bertz CT molecular complexity index is 732. The van der Waals surface area contributed by atoms with Gasteiger partial charge in [0.1, 0.15) is 11.7 Å². The van der Waals surface area contributed by atoms with Gasteiger partial charge in [-0.1, -0.05) is 12.8 Å². The Hall–Kier alpha value is -2.14.